The molecule has 1 aliphatic rings. The summed E-state index contributed by atoms with van der Waals surface area (Å²) < 4.78 is 0. The van der Waals surface area contributed by atoms with Gasteiger partial charge in [-0.25, -0.2) is 0 Å². The van der Waals surface area contributed by atoms with Crippen LogP contribution in [0.15, 0.2) is 18.2 Å². The van der Waals surface area contributed by atoms with E-state index in [1.54, 1.807) is 0 Å². The van der Waals surface area contributed by atoms with Crippen LogP contribution in [0.2, 0.25) is 5.02 Å². The quantitative estimate of drug-likeness (QED) is 0.668. The van der Waals surface area contributed by atoms with Crippen molar-refractivity contribution in [1.29, 1.82) is 0 Å². The highest BCUT2D eigenvalue weighted by atomic mass is 35.5. The zero-order chi connectivity index (χ0) is 16.8. The summed E-state index contributed by atoms with van der Waals surface area (Å²) in [5.74, 6) is -0.187. The van der Waals surface area contributed by atoms with E-state index in [9.17, 15) is 14.9 Å². The van der Waals surface area contributed by atoms with Crippen molar-refractivity contribution in [2.24, 2.45) is 0 Å². The Morgan fingerprint density at radius 1 is 1.26 bits per heavy atom. The van der Waals surface area contributed by atoms with Crippen LogP contribution < -0.4 is 5.32 Å². The first-order valence-electron chi connectivity index (χ1n) is 7.98. The molecule has 1 fully saturated rings. The van der Waals surface area contributed by atoms with Crippen LogP contribution in [0, 0.1) is 10.1 Å². The summed E-state index contributed by atoms with van der Waals surface area (Å²) in [5, 5.41) is 13.9. The summed E-state index contributed by atoms with van der Waals surface area (Å²) in [6, 6.07) is 3.75. The van der Waals surface area contributed by atoms with E-state index in [1.165, 1.54) is 37.5 Å². The van der Waals surface area contributed by atoms with Crippen molar-refractivity contribution in [3.05, 3.63) is 33.3 Å². The fourth-order valence-corrected chi connectivity index (χ4v) is 2.95. The van der Waals surface area contributed by atoms with Crippen LogP contribution in [0.5, 0.6) is 0 Å². The Balaban J connectivity index is 2.05. The number of carbonyl (C=O) groups is 1. The van der Waals surface area contributed by atoms with Gasteiger partial charge in [0.25, 0.3) is 5.69 Å². The summed E-state index contributed by atoms with van der Waals surface area (Å²) in [4.78, 5) is 25.0. The van der Waals surface area contributed by atoms with Gasteiger partial charge in [-0.2, -0.15) is 0 Å². The molecule has 0 radical (unpaired) electrons. The molecule has 6 nitrogen and oxygen atoms in total. The highest BCUT2D eigenvalue weighted by molar-refractivity contribution is 6.33. The number of nitro benzene ring substituents is 1. The van der Waals surface area contributed by atoms with Gasteiger partial charge in [0.05, 0.1) is 21.7 Å². The summed E-state index contributed by atoms with van der Waals surface area (Å²) in [5.41, 5.74) is 0.188. The van der Waals surface area contributed by atoms with Gasteiger partial charge in [0.2, 0.25) is 5.91 Å². The molecular formula is C16H22ClN3O3. The Morgan fingerprint density at radius 3 is 2.48 bits per heavy atom. The molecule has 1 N–H and O–H groups in total. The zero-order valence-electron chi connectivity index (χ0n) is 13.3. The number of nitrogens with zero attached hydrogens (tertiary/aromatic N) is 2. The lowest BCUT2D eigenvalue weighted by molar-refractivity contribution is -0.384. The Bertz CT molecular complexity index is 572. The lowest BCUT2D eigenvalue weighted by atomic mass is 10.1. The van der Waals surface area contributed by atoms with E-state index in [4.69, 9.17) is 11.6 Å². The average molecular weight is 340 g/mol. The number of nitro groups is 1. The zero-order valence-corrected chi connectivity index (χ0v) is 14.0. The molecule has 1 atom stereocenters. The lowest BCUT2D eigenvalue weighted by Crippen LogP contribution is -2.43. The van der Waals surface area contributed by atoms with Crippen molar-refractivity contribution in [2.45, 2.75) is 45.1 Å². The second kappa shape index (κ2) is 8.26. The van der Waals surface area contributed by atoms with Gasteiger partial charge in [-0.05, 0) is 38.9 Å². The third kappa shape index (κ3) is 4.91. The van der Waals surface area contributed by atoms with Crippen molar-refractivity contribution in [1.82, 2.24) is 4.90 Å². The van der Waals surface area contributed by atoms with Gasteiger partial charge in [-0.3, -0.25) is 19.8 Å². The fourth-order valence-electron chi connectivity index (χ4n) is 2.78. The molecule has 1 heterocycles. The maximum atomic E-state index is 12.5. The van der Waals surface area contributed by atoms with Crippen molar-refractivity contribution in [3.63, 3.8) is 0 Å². The predicted octanol–water partition coefficient (Wildman–Crippen LogP) is 3.84. The predicted molar refractivity (Wildman–Crippen MR) is 90.9 cm³/mol. The minimum absolute atomic E-state index is 0.0939. The smallest absolute Gasteiger partial charge is 0.271 e. The molecule has 0 bridgehead atoms. The van der Waals surface area contributed by atoms with E-state index in [-0.39, 0.29) is 23.3 Å². The third-order valence-corrected chi connectivity index (χ3v) is 4.57. The van der Waals surface area contributed by atoms with Gasteiger partial charge in [0, 0.05) is 12.1 Å². The Kier molecular flexibility index (Phi) is 6.36. The van der Waals surface area contributed by atoms with Crippen LogP contribution >= 0.6 is 11.6 Å². The van der Waals surface area contributed by atoms with Crippen LogP contribution in [0.25, 0.3) is 0 Å². The summed E-state index contributed by atoms with van der Waals surface area (Å²) in [7, 11) is 0. The van der Waals surface area contributed by atoms with E-state index in [1.807, 2.05) is 6.92 Å². The Hall–Kier alpha value is -1.66. The number of amides is 1. The molecule has 1 aromatic carbocycles. The first kappa shape index (κ1) is 17.7. The highest BCUT2D eigenvalue weighted by Gasteiger charge is 2.23. The number of halogens is 1. The molecule has 1 saturated heterocycles. The molecule has 1 aromatic rings. The van der Waals surface area contributed by atoms with Crippen molar-refractivity contribution in [2.75, 3.05) is 18.4 Å². The van der Waals surface area contributed by atoms with Crippen molar-refractivity contribution < 1.29 is 9.72 Å². The number of anilines is 1. The van der Waals surface area contributed by atoms with E-state index < -0.39 is 4.92 Å². The summed E-state index contributed by atoms with van der Waals surface area (Å²) in [6.45, 7) is 3.66. The second-order valence-electron chi connectivity index (χ2n) is 5.89. The van der Waals surface area contributed by atoms with Gasteiger partial charge >= 0.3 is 0 Å². The molecule has 0 aromatic heterocycles. The molecule has 1 aliphatic heterocycles. The normalized spacial score (nSPS) is 17.8. The van der Waals surface area contributed by atoms with Gasteiger partial charge in [-0.1, -0.05) is 30.9 Å². The summed E-state index contributed by atoms with van der Waals surface area (Å²) >= 11 is 6.03. The number of non-ortho nitro benzene ring substituents is 1. The number of carbonyl (C=O) groups excluding carboxylic acids is 1. The first-order chi connectivity index (χ1) is 11.0. The lowest BCUT2D eigenvalue weighted by Gasteiger charge is -2.29. The average Bonchev–Trinajstić information content (AvgIpc) is 2.48. The Labute approximate surface area is 141 Å². The van der Waals surface area contributed by atoms with E-state index >= 15 is 0 Å². The van der Waals surface area contributed by atoms with E-state index in [0.29, 0.717) is 5.02 Å². The molecule has 0 aliphatic carbocycles. The first-order valence-corrected chi connectivity index (χ1v) is 8.35. The van der Waals surface area contributed by atoms with Gasteiger partial charge < -0.3 is 5.32 Å². The minimum Gasteiger partial charge on any atom is -0.323 e. The molecule has 126 valence electrons. The molecule has 23 heavy (non-hydrogen) atoms. The minimum atomic E-state index is -0.506. The topological polar surface area (TPSA) is 75.5 Å². The van der Waals surface area contributed by atoms with E-state index in [0.717, 1.165) is 25.9 Å². The number of rotatable bonds is 4. The number of hydrogen-bond donors (Lipinski definition) is 1. The number of hydrogen-bond acceptors (Lipinski definition) is 4. The molecule has 0 saturated carbocycles. The number of benzene rings is 1. The van der Waals surface area contributed by atoms with Gasteiger partial charge in [0.1, 0.15) is 0 Å². The van der Waals surface area contributed by atoms with Crippen LogP contribution in [0.4, 0.5) is 11.4 Å². The summed E-state index contributed by atoms with van der Waals surface area (Å²) in [6.07, 6.45) is 5.84. The van der Waals surface area contributed by atoms with Crippen LogP contribution in [0.3, 0.4) is 0 Å². The maximum absolute atomic E-state index is 12.5. The molecular weight excluding hydrogens is 318 g/mol. The van der Waals surface area contributed by atoms with Crippen LogP contribution in [0.1, 0.15) is 39.0 Å². The van der Waals surface area contributed by atoms with Gasteiger partial charge in [-0.15, -0.1) is 0 Å². The SMILES string of the molecule is CC(C(=O)Nc1cc([N+](=O)[O-])ccc1Cl)N1CCCCCCC1. The number of likely N-dealkylation sites (tertiary alicyclic amines) is 1. The van der Waals surface area contributed by atoms with Crippen molar-refractivity contribution >= 4 is 28.9 Å². The van der Waals surface area contributed by atoms with Crippen LogP contribution in [-0.2, 0) is 4.79 Å². The highest BCUT2D eigenvalue weighted by Crippen LogP contribution is 2.27. The third-order valence-electron chi connectivity index (χ3n) is 4.24. The molecule has 7 heteroatoms. The maximum Gasteiger partial charge on any atom is 0.271 e. The monoisotopic (exact) mass is 339 g/mol. The Morgan fingerprint density at radius 2 is 1.87 bits per heavy atom. The standard InChI is InChI=1S/C16H22ClN3O3/c1-12(19-9-5-3-2-4-6-10-19)16(21)18-15-11-13(20(22)23)7-8-14(15)17/h7-8,11-12H,2-6,9-10H2,1H3,(H,18,21). The molecule has 1 amide bonds. The van der Waals surface area contributed by atoms with E-state index in [2.05, 4.69) is 10.2 Å². The van der Waals surface area contributed by atoms with Crippen LogP contribution in [-0.4, -0.2) is 34.9 Å². The van der Waals surface area contributed by atoms with Crippen molar-refractivity contribution in [3.8, 4) is 0 Å². The fraction of sp³-hybridized carbons (Fsp3) is 0.562. The van der Waals surface area contributed by atoms with Gasteiger partial charge in [0.15, 0.2) is 0 Å². The second-order valence-corrected chi connectivity index (χ2v) is 6.30. The number of nitrogens with one attached hydrogen (secondary N) is 1. The molecule has 2 rings (SSSR count). The molecule has 1 unspecified atom stereocenters. The largest absolute Gasteiger partial charge is 0.323 e. The molecule has 0 spiro atoms.